The molecular weight excluding hydrogens is 266 g/mol. The Balaban J connectivity index is 2.97. The van der Waals surface area contributed by atoms with Crippen molar-refractivity contribution in [3.8, 4) is 0 Å². The lowest BCUT2D eigenvalue weighted by Crippen LogP contribution is -2.25. The van der Waals surface area contributed by atoms with Gasteiger partial charge in [-0.25, -0.2) is 4.79 Å². The molecule has 1 rings (SSSR count). The summed E-state index contributed by atoms with van der Waals surface area (Å²) >= 11 is 0. The Kier molecular flexibility index (Phi) is 5.48. The number of nitrogen functional groups attached to an aromatic ring is 1. The highest BCUT2D eigenvalue weighted by Crippen LogP contribution is 2.26. The normalized spacial score (nSPS) is 13.6. The van der Waals surface area contributed by atoms with Gasteiger partial charge in [0.25, 0.3) is 0 Å². The van der Waals surface area contributed by atoms with Crippen LogP contribution in [0.15, 0.2) is 18.2 Å². The van der Waals surface area contributed by atoms with Crippen molar-refractivity contribution in [2.45, 2.75) is 25.6 Å². The zero-order valence-corrected chi connectivity index (χ0v) is 10.9. The molecule has 7 heteroatoms. The Hall–Kier alpha value is -2.12. The summed E-state index contributed by atoms with van der Waals surface area (Å²) in [5.41, 5.74) is 5.18. The van der Waals surface area contributed by atoms with Crippen LogP contribution in [0.25, 0.3) is 0 Å². The molecule has 0 saturated carbocycles. The first-order chi connectivity index (χ1) is 9.38. The molecule has 7 nitrogen and oxygen atoms in total. The van der Waals surface area contributed by atoms with Crippen molar-refractivity contribution in [2.75, 3.05) is 12.3 Å². The first-order valence-electron chi connectivity index (χ1n) is 6.01. The third kappa shape index (κ3) is 3.69. The maximum atomic E-state index is 11.2. The smallest absolute Gasteiger partial charge is 0.338 e. The lowest BCUT2D eigenvalue weighted by Gasteiger charge is -2.19. The van der Waals surface area contributed by atoms with Gasteiger partial charge in [-0.1, -0.05) is 12.1 Å². The van der Waals surface area contributed by atoms with E-state index in [4.69, 9.17) is 10.8 Å². The van der Waals surface area contributed by atoms with E-state index in [9.17, 15) is 19.8 Å². The molecule has 1 aromatic carbocycles. The number of carboxylic acids is 1. The molecule has 0 saturated heterocycles. The Morgan fingerprint density at radius 2 is 2.00 bits per heavy atom. The zero-order valence-electron chi connectivity index (χ0n) is 10.9. The van der Waals surface area contributed by atoms with Gasteiger partial charge in [0.1, 0.15) is 6.10 Å². The van der Waals surface area contributed by atoms with E-state index in [1.165, 1.54) is 18.2 Å². The molecule has 0 spiro atoms. The number of hydrogen-bond acceptors (Lipinski definition) is 6. The van der Waals surface area contributed by atoms with Crippen LogP contribution in [0.2, 0.25) is 0 Å². The van der Waals surface area contributed by atoms with Crippen molar-refractivity contribution in [3.05, 3.63) is 29.3 Å². The predicted molar refractivity (Wildman–Crippen MR) is 70.0 cm³/mol. The van der Waals surface area contributed by atoms with Crippen LogP contribution in [-0.4, -0.2) is 40.0 Å². The fourth-order valence-corrected chi connectivity index (χ4v) is 1.79. The number of hydrogen-bond donors (Lipinski definition) is 4. The number of carboxylic acid groups (broad SMARTS) is 1. The molecule has 0 heterocycles. The second-order valence-corrected chi connectivity index (χ2v) is 4.14. The predicted octanol–water partition coefficient (Wildman–Crippen LogP) is 0.314. The maximum absolute atomic E-state index is 11.2. The monoisotopic (exact) mass is 283 g/mol. The number of aromatic carboxylic acids is 1. The quantitative estimate of drug-likeness (QED) is 0.436. The Morgan fingerprint density at radius 3 is 2.55 bits per heavy atom. The van der Waals surface area contributed by atoms with Crippen LogP contribution in [0, 0.1) is 0 Å². The van der Waals surface area contributed by atoms with Gasteiger partial charge < -0.3 is 25.8 Å². The average Bonchev–Trinajstić information content (AvgIpc) is 2.37. The molecule has 0 aliphatic heterocycles. The fourth-order valence-electron chi connectivity index (χ4n) is 1.79. The van der Waals surface area contributed by atoms with E-state index in [2.05, 4.69) is 4.74 Å². The van der Waals surface area contributed by atoms with Crippen LogP contribution in [0.1, 0.15) is 35.4 Å². The number of aliphatic hydroxyl groups excluding tert-OH is 2. The van der Waals surface area contributed by atoms with Gasteiger partial charge in [0.2, 0.25) is 0 Å². The number of rotatable bonds is 6. The summed E-state index contributed by atoms with van der Waals surface area (Å²) in [6.45, 7) is 1.77. The van der Waals surface area contributed by atoms with Crippen LogP contribution in [0.3, 0.4) is 0 Å². The number of nitrogens with two attached hydrogens (primary N) is 1. The number of carbonyl (C=O) groups excluding carboxylic acids is 1. The summed E-state index contributed by atoms with van der Waals surface area (Å²) in [4.78, 5) is 22.4. The van der Waals surface area contributed by atoms with Crippen LogP contribution >= 0.6 is 0 Å². The number of anilines is 1. The second kappa shape index (κ2) is 6.88. The molecule has 2 unspecified atom stereocenters. The lowest BCUT2D eigenvalue weighted by atomic mass is 9.96. The topological polar surface area (TPSA) is 130 Å². The summed E-state index contributed by atoms with van der Waals surface area (Å²) in [6, 6.07) is 4.16. The van der Waals surface area contributed by atoms with E-state index >= 15 is 0 Å². The van der Waals surface area contributed by atoms with Crippen LogP contribution in [0.4, 0.5) is 5.69 Å². The van der Waals surface area contributed by atoms with Crippen LogP contribution < -0.4 is 5.73 Å². The van der Waals surface area contributed by atoms with Gasteiger partial charge in [-0.15, -0.1) is 0 Å². The first-order valence-corrected chi connectivity index (χ1v) is 6.01. The number of ether oxygens (including phenoxy) is 1. The molecule has 1 aromatic rings. The van der Waals surface area contributed by atoms with Crippen LogP contribution in [0.5, 0.6) is 0 Å². The minimum atomic E-state index is -1.55. The molecule has 0 bridgehead atoms. The molecule has 0 radical (unpaired) electrons. The molecule has 5 N–H and O–H groups in total. The highest BCUT2D eigenvalue weighted by atomic mass is 16.5. The first kappa shape index (κ1) is 15.9. The van der Waals surface area contributed by atoms with Crippen molar-refractivity contribution >= 4 is 17.6 Å². The van der Waals surface area contributed by atoms with Gasteiger partial charge >= 0.3 is 11.9 Å². The van der Waals surface area contributed by atoms with Crippen molar-refractivity contribution in [3.63, 3.8) is 0 Å². The van der Waals surface area contributed by atoms with E-state index in [1.54, 1.807) is 6.92 Å². The summed E-state index contributed by atoms with van der Waals surface area (Å²) < 4.78 is 4.65. The molecule has 20 heavy (non-hydrogen) atoms. The number of carbonyl (C=O) groups is 2. The minimum absolute atomic E-state index is 0.0302. The van der Waals surface area contributed by atoms with Crippen molar-refractivity contribution in [1.82, 2.24) is 0 Å². The summed E-state index contributed by atoms with van der Waals surface area (Å²) in [5, 5.41) is 28.8. The number of benzene rings is 1. The Bertz CT molecular complexity index is 502. The second-order valence-electron chi connectivity index (χ2n) is 4.14. The lowest BCUT2D eigenvalue weighted by molar-refractivity contribution is -0.147. The van der Waals surface area contributed by atoms with Gasteiger partial charge in [0, 0.05) is 5.69 Å². The number of esters is 1. The van der Waals surface area contributed by atoms with Gasteiger partial charge in [-0.05, 0) is 18.6 Å². The molecule has 0 amide bonds. The molecule has 0 aliphatic rings. The van der Waals surface area contributed by atoms with E-state index in [-0.39, 0.29) is 23.4 Å². The standard InChI is InChI=1S/C13H17NO6/c1-2-20-10(16)6-9(15)12(17)7-4-3-5-8(14)11(7)13(18)19/h3-5,9,12,15,17H,2,6,14H2,1H3,(H,18,19). The number of aliphatic hydroxyl groups is 2. The summed E-state index contributed by atoms with van der Waals surface area (Å²) in [7, 11) is 0. The SMILES string of the molecule is CCOC(=O)CC(O)C(O)c1cccc(N)c1C(=O)O. The fraction of sp³-hybridized carbons (Fsp3) is 0.385. The van der Waals surface area contributed by atoms with Crippen molar-refractivity contribution < 1.29 is 29.6 Å². The molecule has 0 aliphatic carbocycles. The largest absolute Gasteiger partial charge is 0.478 e. The van der Waals surface area contributed by atoms with Gasteiger partial charge in [0.05, 0.1) is 24.7 Å². The molecule has 0 fully saturated rings. The van der Waals surface area contributed by atoms with Crippen molar-refractivity contribution in [2.24, 2.45) is 0 Å². The van der Waals surface area contributed by atoms with E-state index in [1.807, 2.05) is 0 Å². The van der Waals surface area contributed by atoms with E-state index in [0.29, 0.717) is 0 Å². The average molecular weight is 283 g/mol. The maximum Gasteiger partial charge on any atom is 0.338 e. The van der Waals surface area contributed by atoms with Gasteiger partial charge in [-0.2, -0.15) is 0 Å². The Morgan fingerprint density at radius 1 is 1.35 bits per heavy atom. The third-order valence-electron chi connectivity index (χ3n) is 2.71. The van der Waals surface area contributed by atoms with Gasteiger partial charge in [-0.3, -0.25) is 4.79 Å². The van der Waals surface area contributed by atoms with E-state index < -0.39 is 30.6 Å². The highest BCUT2D eigenvalue weighted by molar-refractivity contribution is 5.95. The Labute approximate surface area is 115 Å². The molecule has 110 valence electrons. The van der Waals surface area contributed by atoms with Crippen molar-refractivity contribution in [1.29, 1.82) is 0 Å². The van der Waals surface area contributed by atoms with Gasteiger partial charge in [0.15, 0.2) is 0 Å². The molecule has 0 aromatic heterocycles. The highest BCUT2D eigenvalue weighted by Gasteiger charge is 2.27. The third-order valence-corrected chi connectivity index (χ3v) is 2.71. The van der Waals surface area contributed by atoms with E-state index in [0.717, 1.165) is 0 Å². The summed E-state index contributed by atoms with van der Waals surface area (Å²) in [6.07, 6.45) is -3.47. The van der Waals surface area contributed by atoms with Crippen LogP contribution in [-0.2, 0) is 9.53 Å². The summed E-state index contributed by atoms with van der Waals surface area (Å²) in [5.74, 6) is -2.00. The molecule has 2 atom stereocenters. The zero-order chi connectivity index (χ0) is 15.3. The minimum Gasteiger partial charge on any atom is -0.478 e. The molecular formula is C13H17NO6.